The van der Waals surface area contributed by atoms with E-state index < -0.39 is 41.1 Å². The number of halogens is 3. The summed E-state index contributed by atoms with van der Waals surface area (Å²) in [6.07, 6.45) is -0.725. The van der Waals surface area contributed by atoms with Gasteiger partial charge in [-0.25, -0.2) is 18.4 Å². The molecule has 0 radical (unpaired) electrons. The van der Waals surface area contributed by atoms with Gasteiger partial charge in [0.25, 0.3) is 5.91 Å². The molecule has 1 aliphatic heterocycles. The van der Waals surface area contributed by atoms with Crippen LogP contribution in [0.1, 0.15) is 50.6 Å². The van der Waals surface area contributed by atoms with Crippen molar-refractivity contribution in [2.75, 3.05) is 18.5 Å². The molecule has 0 aliphatic carbocycles. The maximum Gasteiger partial charge on any atom is 0.341 e. The first-order valence-corrected chi connectivity index (χ1v) is 13.1. The molecule has 0 saturated carbocycles. The normalized spacial score (nSPS) is 13.9. The zero-order valence-electron chi connectivity index (χ0n) is 20.7. The van der Waals surface area contributed by atoms with Gasteiger partial charge in [-0.3, -0.25) is 9.69 Å². The number of ether oxygens (including phenoxy) is 2. The molecule has 11 heteroatoms. The van der Waals surface area contributed by atoms with Gasteiger partial charge in [-0.1, -0.05) is 41.9 Å². The molecule has 0 saturated heterocycles. The molecule has 0 bridgehead atoms. The van der Waals surface area contributed by atoms with Crippen molar-refractivity contribution in [1.82, 2.24) is 4.90 Å². The van der Waals surface area contributed by atoms with Crippen LogP contribution >= 0.6 is 22.9 Å². The van der Waals surface area contributed by atoms with Gasteiger partial charge in [0.15, 0.2) is 17.7 Å². The Morgan fingerprint density at radius 1 is 1.13 bits per heavy atom. The fourth-order valence-corrected chi connectivity index (χ4v) is 5.62. The summed E-state index contributed by atoms with van der Waals surface area (Å²) in [7, 11) is 0. The number of carbonyl (C=O) groups excluding carboxylic acids is 3. The molecule has 4 rings (SSSR count). The molecule has 200 valence electrons. The SMILES string of the molecule is CCOC(=O)c1c(NC(=O)C(C)OC(=O)c2cc(F)c(F)cc2Cl)sc2c1CCN(Cc1ccccc1)C2. The molecule has 1 aliphatic rings. The Labute approximate surface area is 227 Å². The van der Waals surface area contributed by atoms with Crippen LogP contribution in [-0.2, 0) is 33.8 Å². The van der Waals surface area contributed by atoms with Crippen LogP contribution in [0.2, 0.25) is 5.02 Å². The Bertz CT molecular complexity index is 1370. The molecule has 1 unspecified atom stereocenters. The number of anilines is 1. The van der Waals surface area contributed by atoms with Gasteiger partial charge in [-0.2, -0.15) is 0 Å². The van der Waals surface area contributed by atoms with Crippen LogP contribution < -0.4 is 5.32 Å². The second-order valence-electron chi connectivity index (χ2n) is 8.66. The molecule has 1 N–H and O–H groups in total. The second kappa shape index (κ2) is 12.0. The molecular weight excluding hydrogens is 538 g/mol. The first kappa shape index (κ1) is 27.7. The molecule has 1 aromatic heterocycles. The number of thiophene rings is 1. The average Bonchev–Trinajstić information content (AvgIpc) is 3.23. The van der Waals surface area contributed by atoms with E-state index >= 15 is 0 Å². The Kier molecular flexibility index (Phi) is 8.76. The van der Waals surface area contributed by atoms with E-state index in [1.807, 2.05) is 18.2 Å². The van der Waals surface area contributed by atoms with E-state index in [0.29, 0.717) is 35.7 Å². The van der Waals surface area contributed by atoms with Gasteiger partial charge in [0.1, 0.15) is 5.00 Å². The maximum absolute atomic E-state index is 13.6. The molecule has 2 aromatic carbocycles. The van der Waals surface area contributed by atoms with Crippen molar-refractivity contribution in [1.29, 1.82) is 0 Å². The molecule has 7 nitrogen and oxygen atoms in total. The number of hydrogen-bond donors (Lipinski definition) is 1. The fraction of sp³-hybridized carbons (Fsp3) is 0.296. The van der Waals surface area contributed by atoms with E-state index in [-0.39, 0.29) is 11.6 Å². The first-order valence-electron chi connectivity index (χ1n) is 11.9. The van der Waals surface area contributed by atoms with E-state index in [1.165, 1.54) is 23.8 Å². The monoisotopic (exact) mass is 562 g/mol. The number of hydrogen-bond acceptors (Lipinski definition) is 7. The predicted molar refractivity (Wildman–Crippen MR) is 139 cm³/mol. The van der Waals surface area contributed by atoms with Crippen LogP contribution in [0.3, 0.4) is 0 Å². The number of nitrogens with one attached hydrogen (secondary N) is 1. The summed E-state index contributed by atoms with van der Waals surface area (Å²) >= 11 is 7.10. The fourth-order valence-electron chi connectivity index (χ4n) is 4.11. The number of benzene rings is 2. The summed E-state index contributed by atoms with van der Waals surface area (Å²) in [6.45, 7) is 5.24. The van der Waals surface area contributed by atoms with E-state index in [2.05, 4.69) is 22.3 Å². The zero-order valence-corrected chi connectivity index (χ0v) is 22.3. The van der Waals surface area contributed by atoms with Gasteiger partial charge in [-0.05, 0) is 43.5 Å². The Hall–Kier alpha value is -3.34. The third-order valence-electron chi connectivity index (χ3n) is 5.98. The highest BCUT2D eigenvalue weighted by molar-refractivity contribution is 7.17. The quantitative estimate of drug-likeness (QED) is 0.284. The van der Waals surface area contributed by atoms with Crippen molar-refractivity contribution >= 4 is 45.8 Å². The van der Waals surface area contributed by atoms with Gasteiger partial charge in [-0.15, -0.1) is 11.3 Å². The highest BCUT2D eigenvalue weighted by atomic mass is 35.5. The van der Waals surface area contributed by atoms with Crippen molar-refractivity contribution in [3.05, 3.63) is 86.3 Å². The van der Waals surface area contributed by atoms with E-state index in [9.17, 15) is 23.2 Å². The Morgan fingerprint density at radius 3 is 2.55 bits per heavy atom. The highest BCUT2D eigenvalue weighted by Crippen LogP contribution is 2.38. The highest BCUT2D eigenvalue weighted by Gasteiger charge is 2.31. The molecule has 0 spiro atoms. The number of amides is 1. The number of nitrogens with zero attached hydrogens (tertiary/aromatic N) is 1. The lowest BCUT2D eigenvalue weighted by Gasteiger charge is -2.27. The van der Waals surface area contributed by atoms with Gasteiger partial charge in [0.2, 0.25) is 0 Å². The van der Waals surface area contributed by atoms with Gasteiger partial charge < -0.3 is 14.8 Å². The van der Waals surface area contributed by atoms with Gasteiger partial charge in [0, 0.05) is 24.5 Å². The van der Waals surface area contributed by atoms with Crippen LogP contribution in [0.4, 0.5) is 13.8 Å². The van der Waals surface area contributed by atoms with Crippen LogP contribution in [0.15, 0.2) is 42.5 Å². The average molecular weight is 563 g/mol. The molecule has 38 heavy (non-hydrogen) atoms. The summed E-state index contributed by atoms with van der Waals surface area (Å²) in [5.74, 6) is -4.84. The number of carbonyl (C=O) groups is 3. The minimum atomic E-state index is -1.32. The standard InChI is InChI=1S/C27H25ClF2N2O5S/c1-3-36-27(35)23-17-9-10-32(13-16-7-5-4-6-8-16)14-22(17)38-25(23)31-24(33)15(2)37-26(34)18-11-20(29)21(30)12-19(18)28/h4-8,11-12,15H,3,9-10,13-14H2,1-2H3,(H,31,33). The number of rotatable bonds is 8. The van der Waals surface area contributed by atoms with Crippen molar-refractivity contribution < 1.29 is 32.6 Å². The van der Waals surface area contributed by atoms with Crippen LogP contribution in [0.5, 0.6) is 0 Å². The molecule has 3 aromatic rings. The first-order chi connectivity index (χ1) is 18.2. The third-order valence-corrected chi connectivity index (χ3v) is 7.43. The van der Waals surface area contributed by atoms with Crippen molar-refractivity contribution in [3.63, 3.8) is 0 Å². The van der Waals surface area contributed by atoms with Crippen molar-refractivity contribution in [3.8, 4) is 0 Å². The minimum absolute atomic E-state index is 0.167. The summed E-state index contributed by atoms with van der Waals surface area (Å²) in [5.41, 5.74) is 1.87. The zero-order chi connectivity index (χ0) is 27.4. The lowest BCUT2D eigenvalue weighted by atomic mass is 10.0. The topological polar surface area (TPSA) is 84.9 Å². The summed E-state index contributed by atoms with van der Waals surface area (Å²) in [6, 6.07) is 11.3. The number of esters is 2. The van der Waals surface area contributed by atoms with Crippen molar-refractivity contribution in [2.45, 2.75) is 39.5 Å². The molecule has 2 heterocycles. The summed E-state index contributed by atoms with van der Waals surface area (Å²) in [4.78, 5) is 41.4. The Morgan fingerprint density at radius 2 is 1.84 bits per heavy atom. The summed E-state index contributed by atoms with van der Waals surface area (Å²) < 4.78 is 37.3. The minimum Gasteiger partial charge on any atom is -0.462 e. The lowest BCUT2D eigenvalue weighted by molar-refractivity contribution is -0.123. The van der Waals surface area contributed by atoms with E-state index in [4.69, 9.17) is 21.1 Å². The molecule has 1 amide bonds. The smallest absolute Gasteiger partial charge is 0.341 e. The van der Waals surface area contributed by atoms with Gasteiger partial charge >= 0.3 is 11.9 Å². The van der Waals surface area contributed by atoms with Gasteiger partial charge in [0.05, 0.1) is 22.8 Å². The molecule has 1 atom stereocenters. The lowest BCUT2D eigenvalue weighted by Crippen LogP contribution is -2.31. The third kappa shape index (κ3) is 6.20. The Balaban J connectivity index is 1.51. The molecular formula is C27H25ClF2N2O5S. The van der Waals surface area contributed by atoms with E-state index in [1.54, 1.807) is 6.92 Å². The van der Waals surface area contributed by atoms with E-state index in [0.717, 1.165) is 23.5 Å². The predicted octanol–water partition coefficient (Wildman–Crippen LogP) is 5.60. The molecule has 0 fully saturated rings. The number of fused-ring (bicyclic) bond motifs is 1. The van der Waals surface area contributed by atoms with Crippen LogP contribution in [0, 0.1) is 11.6 Å². The van der Waals surface area contributed by atoms with Crippen molar-refractivity contribution in [2.24, 2.45) is 0 Å². The summed E-state index contributed by atoms with van der Waals surface area (Å²) in [5, 5.41) is 2.63. The van der Waals surface area contributed by atoms with Crippen LogP contribution in [-0.4, -0.2) is 42.0 Å². The largest absolute Gasteiger partial charge is 0.462 e. The van der Waals surface area contributed by atoms with Crippen LogP contribution in [0.25, 0.3) is 0 Å². The second-order valence-corrected chi connectivity index (χ2v) is 10.2. The maximum atomic E-state index is 13.6.